The average molecular weight is 344 g/mol. The molecule has 0 saturated carbocycles. The molecule has 0 saturated heterocycles. The Morgan fingerprint density at radius 2 is 1.68 bits per heavy atom. The summed E-state index contributed by atoms with van der Waals surface area (Å²) in [5, 5.41) is 4.34. The van der Waals surface area contributed by atoms with E-state index in [1.807, 2.05) is 0 Å². The van der Waals surface area contributed by atoms with Gasteiger partial charge in [-0.1, -0.05) is 42.5 Å². The van der Waals surface area contributed by atoms with Gasteiger partial charge in [0.2, 0.25) is 6.10 Å². The molecule has 0 aliphatic rings. The quantitative estimate of drug-likeness (QED) is 0.814. The van der Waals surface area contributed by atoms with Crippen molar-refractivity contribution in [3.63, 3.8) is 0 Å². The van der Waals surface area contributed by atoms with Gasteiger partial charge < -0.3 is 10.1 Å². The van der Waals surface area contributed by atoms with Crippen LogP contribution in [0.2, 0.25) is 0 Å². The Balaban J connectivity index is 2.12. The second kappa shape index (κ2) is 8.58. The van der Waals surface area contributed by atoms with Gasteiger partial charge in [0, 0.05) is 12.6 Å². The number of nitrogens with one attached hydrogen (secondary N) is 2. The first-order valence-corrected chi connectivity index (χ1v) is 7.51. The predicted octanol–water partition coefficient (Wildman–Crippen LogP) is 2.11. The lowest BCUT2D eigenvalue weighted by molar-refractivity contribution is -0.155. The van der Waals surface area contributed by atoms with Crippen molar-refractivity contribution in [3.8, 4) is 0 Å². The molecule has 0 aliphatic heterocycles. The van der Waals surface area contributed by atoms with E-state index in [1.54, 1.807) is 30.3 Å². The van der Waals surface area contributed by atoms with Crippen LogP contribution < -0.4 is 10.6 Å². The monoisotopic (exact) mass is 344 g/mol. The molecule has 0 bridgehead atoms. The first-order valence-electron chi connectivity index (χ1n) is 7.51. The topological polar surface area (TPSA) is 84.5 Å². The predicted molar refractivity (Wildman–Crippen MR) is 88.0 cm³/mol. The lowest BCUT2D eigenvalue weighted by atomic mass is 10.1. The third-order valence-electron chi connectivity index (χ3n) is 3.32. The first-order chi connectivity index (χ1) is 12.0. The summed E-state index contributed by atoms with van der Waals surface area (Å²) >= 11 is 0. The minimum atomic E-state index is -1.27. The van der Waals surface area contributed by atoms with Gasteiger partial charge in [-0.05, 0) is 17.7 Å². The fourth-order valence-corrected chi connectivity index (χ4v) is 2.08. The second-order valence-corrected chi connectivity index (χ2v) is 5.15. The molecule has 0 spiro atoms. The van der Waals surface area contributed by atoms with Crippen LogP contribution in [0.25, 0.3) is 0 Å². The highest BCUT2D eigenvalue weighted by Crippen LogP contribution is 2.18. The highest BCUT2D eigenvalue weighted by atomic mass is 19.1. The van der Waals surface area contributed by atoms with Gasteiger partial charge in [-0.3, -0.25) is 14.9 Å². The van der Waals surface area contributed by atoms with Crippen LogP contribution in [0.1, 0.15) is 17.2 Å². The summed E-state index contributed by atoms with van der Waals surface area (Å²) in [5.74, 6) is -1.85. The van der Waals surface area contributed by atoms with E-state index in [4.69, 9.17) is 4.74 Å². The molecule has 2 N–H and O–H groups in total. The molecule has 1 atom stereocenters. The maximum atomic E-state index is 12.9. The summed E-state index contributed by atoms with van der Waals surface area (Å²) in [6.07, 6.45) is -1.40. The Hall–Kier alpha value is -3.22. The van der Waals surface area contributed by atoms with E-state index < -0.39 is 29.8 Å². The molecular weight excluding hydrogens is 327 g/mol. The molecule has 0 aromatic heterocycles. The van der Waals surface area contributed by atoms with Gasteiger partial charge >= 0.3 is 12.0 Å². The molecular formula is C18H17FN2O4. The maximum Gasteiger partial charge on any atom is 0.321 e. The highest BCUT2D eigenvalue weighted by molar-refractivity contribution is 5.97. The van der Waals surface area contributed by atoms with E-state index in [0.29, 0.717) is 11.1 Å². The molecule has 25 heavy (non-hydrogen) atoms. The van der Waals surface area contributed by atoms with Crippen molar-refractivity contribution in [1.82, 2.24) is 10.6 Å². The number of benzene rings is 2. The van der Waals surface area contributed by atoms with Gasteiger partial charge in [0.05, 0.1) is 6.42 Å². The molecule has 0 unspecified atom stereocenters. The van der Waals surface area contributed by atoms with Gasteiger partial charge in [-0.15, -0.1) is 0 Å². The maximum absolute atomic E-state index is 12.9. The second-order valence-electron chi connectivity index (χ2n) is 5.15. The van der Waals surface area contributed by atoms with Crippen molar-refractivity contribution in [2.75, 3.05) is 7.05 Å². The number of halogens is 1. The summed E-state index contributed by atoms with van der Waals surface area (Å²) in [5.41, 5.74) is 0.973. The third kappa shape index (κ3) is 5.42. The van der Waals surface area contributed by atoms with E-state index >= 15 is 0 Å². The van der Waals surface area contributed by atoms with E-state index in [2.05, 4.69) is 10.6 Å². The largest absolute Gasteiger partial charge is 0.447 e. The van der Waals surface area contributed by atoms with Gasteiger partial charge in [-0.25, -0.2) is 9.18 Å². The normalized spacial score (nSPS) is 11.3. The fourth-order valence-electron chi connectivity index (χ4n) is 2.08. The fraction of sp³-hybridized carbons (Fsp3) is 0.167. The highest BCUT2D eigenvalue weighted by Gasteiger charge is 2.26. The van der Waals surface area contributed by atoms with Crippen LogP contribution in [0.3, 0.4) is 0 Å². The number of hydrogen-bond donors (Lipinski definition) is 2. The van der Waals surface area contributed by atoms with E-state index in [1.165, 1.54) is 31.3 Å². The van der Waals surface area contributed by atoms with E-state index in [0.717, 1.165) is 0 Å². The number of rotatable bonds is 5. The summed E-state index contributed by atoms with van der Waals surface area (Å²) < 4.78 is 18.2. The van der Waals surface area contributed by atoms with Crippen molar-refractivity contribution in [2.24, 2.45) is 0 Å². The first kappa shape index (κ1) is 18.1. The Bertz CT molecular complexity index is 747. The standard InChI is InChI=1S/C18H17FN2O4/c1-20-18(24)21-17(23)16(13-5-3-2-4-6-13)25-15(22)11-12-7-9-14(19)10-8-12/h2-10,16H,11H2,1H3,(H2,20,21,23,24)/t16-/m0/s1. The molecule has 6 nitrogen and oxygen atoms in total. The van der Waals surface area contributed by atoms with Crippen LogP contribution in [0, 0.1) is 5.82 Å². The zero-order valence-corrected chi connectivity index (χ0v) is 13.5. The lowest BCUT2D eigenvalue weighted by Gasteiger charge is -2.17. The Morgan fingerprint density at radius 3 is 2.28 bits per heavy atom. The van der Waals surface area contributed by atoms with Crippen LogP contribution in [0.5, 0.6) is 0 Å². The van der Waals surface area contributed by atoms with Crippen molar-refractivity contribution < 1.29 is 23.5 Å². The Labute approximate surface area is 144 Å². The minimum Gasteiger partial charge on any atom is -0.447 e. The number of hydrogen-bond acceptors (Lipinski definition) is 4. The van der Waals surface area contributed by atoms with Crippen molar-refractivity contribution in [2.45, 2.75) is 12.5 Å². The van der Waals surface area contributed by atoms with Gasteiger partial charge in [0.15, 0.2) is 0 Å². The van der Waals surface area contributed by atoms with Crippen LogP contribution in [-0.4, -0.2) is 25.0 Å². The summed E-state index contributed by atoms with van der Waals surface area (Å²) in [6, 6.07) is 13.0. The SMILES string of the molecule is CNC(=O)NC(=O)[C@@H](OC(=O)Cc1ccc(F)cc1)c1ccccc1. The van der Waals surface area contributed by atoms with E-state index in [9.17, 15) is 18.8 Å². The number of urea groups is 1. The average Bonchev–Trinajstić information content (AvgIpc) is 2.62. The van der Waals surface area contributed by atoms with Crippen molar-refractivity contribution >= 4 is 17.9 Å². The zero-order chi connectivity index (χ0) is 18.2. The molecule has 2 rings (SSSR count). The number of carbonyl (C=O) groups excluding carboxylic acids is 3. The van der Waals surface area contributed by atoms with Crippen LogP contribution in [-0.2, 0) is 20.7 Å². The van der Waals surface area contributed by atoms with Crippen LogP contribution in [0.4, 0.5) is 9.18 Å². The molecule has 3 amide bonds. The Kier molecular flexibility index (Phi) is 6.22. The number of imide groups is 1. The summed E-state index contributed by atoms with van der Waals surface area (Å²) in [4.78, 5) is 35.7. The number of ether oxygens (including phenoxy) is 1. The Morgan fingerprint density at radius 1 is 1.04 bits per heavy atom. The van der Waals surface area contributed by atoms with Crippen LogP contribution >= 0.6 is 0 Å². The molecule has 0 radical (unpaired) electrons. The summed E-state index contributed by atoms with van der Waals surface area (Å²) in [7, 11) is 1.36. The lowest BCUT2D eigenvalue weighted by Crippen LogP contribution is -2.41. The van der Waals surface area contributed by atoms with Crippen molar-refractivity contribution in [3.05, 3.63) is 71.5 Å². The zero-order valence-electron chi connectivity index (χ0n) is 13.5. The van der Waals surface area contributed by atoms with Gasteiger partial charge in [0.25, 0.3) is 5.91 Å². The number of amides is 3. The third-order valence-corrected chi connectivity index (χ3v) is 3.32. The molecule has 7 heteroatoms. The molecule has 2 aromatic carbocycles. The molecule has 0 heterocycles. The minimum absolute atomic E-state index is 0.128. The van der Waals surface area contributed by atoms with Crippen molar-refractivity contribution in [1.29, 1.82) is 0 Å². The van der Waals surface area contributed by atoms with Gasteiger partial charge in [-0.2, -0.15) is 0 Å². The van der Waals surface area contributed by atoms with E-state index in [-0.39, 0.29) is 6.42 Å². The van der Waals surface area contributed by atoms with Gasteiger partial charge in [0.1, 0.15) is 5.82 Å². The molecule has 0 fully saturated rings. The molecule has 0 aliphatic carbocycles. The number of esters is 1. The summed E-state index contributed by atoms with van der Waals surface area (Å²) in [6.45, 7) is 0. The molecule has 2 aromatic rings. The smallest absolute Gasteiger partial charge is 0.321 e. The molecule has 130 valence electrons. The number of carbonyl (C=O) groups is 3. The van der Waals surface area contributed by atoms with Crippen LogP contribution in [0.15, 0.2) is 54.6 Å².